The van der Waals surface area contributed by atoms with Gasteiger partial charge in [0.1, 0.15) is 4.60 Å². The quantitative estimate of drug-likeness (QED) is 0.583. The zero-order chi connectivity index (χ0) is 16.5. The van der Waals surface area contributed by atoms with Gasteiger partial charge in [0.05, 0.1) is 24.9 Å². The van der Waals surface area contributed by atoms with Gasteiger partial charge < -0.3 is 9.47 Å². The third kappa shape index (κ3) is 6.81. The molecule has 0 unspecified atom stereocenters. The Morgan fingerprint density at radius 3 is 2.57 bits per heavy atom. The van der Waals surface area contributed by atoms with E-state index in [1.165, 1.54) is 5.56 Å². The van der Waals surface area contributed by atoms with Crippen LogP contribution in [0.1, 0.15) is 38.3 Å². The predicted molar refractivity (Wildman–Crippen MR) is 93.2 cm³/mol. The van der Waals surface area contributed by atoms with Crippen molar-refractivity contribution in [3.63, 3.8) is 0 Å². The molecule has 0 aliphatic carbocycles. The molecule has 0 aliphatic heterocycles. The van der Waals surface area contributed by atoms with Crippen molar-refractivity contribution in [2.45, 2.75) is 45.4 Å². The van der Waals surface area contributed by atoms with E-state index in [4.69, 9.17) is 9.47 Å². The van der Waals surface area contributed by atoms with E-state index >= 15 is 0 Å². The van der Waals surface area contributed by atoms with Crippen molar-refractivity contribution in [1.29, 1.82) is 0 Å². The molecule has 0 saturated carbocycles. The lowest BCUT2D eigenvalue weighted by Crippen LogP contribution is -2.14. The van der Waals surface area contributed by atoms with Crippen molar-refractivity contribution in [3.05, 3.63) is 46.7 Å². The van der Waals surface area contributed by atoms with Crippen LogP contribution in [0.4, 0.5) is 0 Å². The van der Waals surface area contributed by atoms with Crippen LogP contribution in [0.25, 0.3) is 0 Å². The van der Waals surface area contributed by atoms with E-state index in [0.29, 0.717) is 19.8 Å². The fourth-order valence-corrected chi connectivity index (χ4v) is 2.34. The third-order valence-corrected chi connectivity index (χ3v) is 3.96. The molecule has 1 aromatic carbocycles. The molecule has 0 spiro atoms. The topological polar surface area (TPSA) is 49.2 Å². The van der Waals surface area contributed by atoms with Crippen molar-refractivity contribution >= 4 is 15.9 Å². The lowest BCUT2D eigenvalue weighted by Gasteiger charge is -2.14. The summed E-state index contributed by atoms with van der Waals surface area (Å²) in [4.78, 5) is 1.71. The Bertz CT molecular complexity index is 562. The Balaban J connectivity index is 1.53. The Labute approximate surface area is 146 Å². The van der Waals surface area contributed by atoms with Gasteiger partial charge in [0, 0.05) is 13.2 Å². The van der Waals surface area contributed by atoms with Gasteiger partial charge >= 0.3 is 0 Å². The third-order valence-electron chi connectivity index (χ3n) is 3.60. The smallest absolute Gasteiger partial charge is 0.148 e. The molecule has 23 heavy (non-hydrogen) atoms. The molecule has 1 heterocycles. The maximum atomic E-state index is 5.82. The second-order valence-corrected chi connectivity index (χ2v) is 6.45. The van der Waals surface area contributed by atoms with Crippen LogP contribution in [0.5, 0.6) is 0 Å². The highest BCUT2D eigenvalue weighted by Gasteiger charge is 2.08. The summed E-state index contributed by atoms with van der Waals surface area (Å²) in [5.41, 5.74) is 1.20. The summed E-state index contributed by atoms with van der Waals surface area (Å²) < 4.78 is 12.3. The van der Waals surface area contributed by atoms with E-state index < -0.39 is 0 Å². The van der Waals surface area contributed by atoms with Crippen LogP contribution >= 0.6 is 15.9 Å². The standard InChI is InChI=1S/C17H24BrN3O2/c1-14(21-19-12-17(18)20-21)8-10-22-11-9-15(2)23-13-16-6-4-3-5-7-16/h3-7,12,14-15H,8-11,13H2,1-2H3/t14-,15+/m1/s1. The molecule has 0 fully saturated rings. The predicted octanol–water partition coefficient (Wildman–Crippen LogP) is 4.00. The molecule has 0 bridgehead atoms. The highest BCUT2D eigenvalue weighted by molar-refractivity contribution is 9.10. The van der Waals surface area contributed by atoms with Gasteiger partial charge in [-0.2, -0.15) is 9.90 Å². The van der Waals surface area contributed by atoms with Gasteiger partial charge in [0.2, 0.25) is 0 Å². The van der Waals surface area contributed by atoms with Crippen molar-refractivity contribution < 1.29 is 9.47 Å². The molecule has 126 valence electrons. The summed E-state index contributed by atoms with van der Waals surface area (Å²) in [6, 6.07) is 10.5. The molecule has 2 atom stereocenters. The van der Waals surface area contributed by atoms with Gasteiger partial charge in [0.25, 0.3) is 0 Å². The number of halogens is 1. The molecule has 6 heteroatoms. The average Bonchev–Trinajstić information content (AvgIpc) is 3.00. The largest absolute Gasteiger partial charge is 0.381 e. The molecule has 0 N–H and O–H groups in total. The number of hydrogen-bond donors (Lipinski definition) is 0. The molecular weight excluding hydrogens is 358 g/mol. The molecule has 0 amide bonds. The van der Waals surface area contributed by atoms with Gasteiger partial charge in [0.15, 0.2) is 0 Å². The number of rotatable bonds is 10. The Morgan fingerprint density at radius 1 is 1.13 bits per heavy atom. The number of hydrogen-bond acceptors (Lipinski definition) is 4. The molecule has 0 saturated heterocycles. The van der Waals surface area contributed by atoms with Crippen LogP contribution in [-0.2, 0) is 16.1 Å². The number of ether oxygens (including phenoxy) is 2. The monoisotopic (exact) mass is 381 g/mol. The van der Waals surface area contributed by atoms with Crippen molar-refractivity contribution in [2.24, 2.45) is 0 Å². The molecule has 5 nitrogen and oxygen atoms in total. The summed E-state index contributed by atoms with van der Waals surface area (Å²) in [5.74, 6) is 0. The minimum absolute atomic E-state index is 0.191. The van der Waals surface area contributed by atoms with Crippen molar-refractivity contribution in [3.8, 4) is 0 Å². The van der Waals surface area contributed by atoms with Crippen molar-refractivity contribution in [2.75, 3.05) is 13.2 Å². The normalized spacial score (nSPS) is 13.9. The molecular formula is C17H24BrN3O2. The first kappa shape index (κ1) is 18.1. The van der Waals surface area contributed by atoms with Gasteiger partial charge in [-0.1, -0.05) is 30.3 Å². The van der Waals surface area contributed by atoms with E-state index in [2.05, 4.69) is 52.1 Å². The van der Waals surface area contributed by atoms with Crippen LogP contribution in [0, 0.1) is 0 Å². The molecule has 1 aromatic heterocycles. The van der Waals surface area contributed by atoms with Crippen molar-refractivity contribution in [1.82, 2.24) is 15.0 Å². The SMILES string of the molecule is C[C@H](CCOCC[C@H](C)OCc1ccccc1)n1ncc(Br)n1. The summed E-state index contributed by atoms with van der Waals surface area (Å²) in [5, 5.41) is 8.42. The number of benzene rings is 1. The number of aromatic nitrogens is 3. The zero-order valence-electron chi connectivity index (χ0n) is 13.7. The molecule has 2 aromatic rings. The Morgan fingerprint density at radius 2 is 1.87 bits per heavy atom. The summed E-state index contributed by atoms with van der Waals surface area (Å²) in [6.07, 6.45) is 3.67. The highest BCUT2D eigenvalue weighted by atomic mass is 79.9. The summed E-state index contributed by atoms with van der Waals surface area (Å²) >= 11 is 3.30. The first-order valence-corrected chi connectivity index (χ1v) is 8.75. The molecule has 2 rings (SSSR count). The van der Waals surface area contributed by atoms with Gasteiger partial charge in [-0.05, 0) is 48.2 Å². The van der Waals surface area contributed by atoms with Crippen LogP contribution in [0.2, 0.25) is 0 Å². The fourth-order valence-electron chi connectivity index (χ4n) is 2.09. The fraction of sp³-hybridized carbons (Fsp3) is 0.529. The van der Waals surface area contributed by atoms with Gasteiger partial charge in [-0.25, -0.2) is 0 Å². The highest BCUT2D eigenvalue weighted by Crippen LogP contribution is 2.11. The first-order valence-electron chi connectivity index (χ1n) is 7.95. The first-order chi connectivity index (χ1) is 11.1. The van der Waals surface area contributed by atoms with Crippen LogP contribution < -0.4 is 0 Å². The number of nitrogens with zero attached hydrogens (tertiary/aromatic N) is 3. The Kier molecular flexibility index (Phi) is 7.71. The van der Waals surface area contributed by atoms with Crippen LogP contribution in [0.15, 0.2) is 41.1 Å². The van der Waals surface area contributed by atoms with E-state index in [9.17, 15) is 0 Å². The second-order valence-electron chi connectivity index (χ2n) is 5.63. The van der Waals surface area contributed by atoms with E-state index in [1.807, 2.05) is 18.2 Å². The lowest BCUT2D eigenvalue weighted by molar-refractivity contribution is 0.0203. The summed E-state index contributed by atoms with van der Waals surface area (Å²) in [6.45, 7) is 6.23. The molecule has 0 radical (unpaired) electrons. The maximum Gasteiger partial charge on any atom is 0.148 e. The van der Waals surface area contributed by atoms with Crippen LogP contribution in [-0.4, -0.2) is 34.3 Å². The molecule has 0 aliphatic rings. The zero-order valence-corrected chi connectivity index (χ0v) is 15.3. The minimum atomic E-state index is 0.191. The minimum Gasteiger partial charge on any atom is -0.381 e. The average molecular weight is 382 g/mol. The summed E-state index contributed by atoms with van der Waals surface area (Å²) in [7, 11) is 0. The van der Waals surface area contributed by atoms with Gasteiger partial charge in [-0.3, -0.25) is 0 Å². The van der Waals surface area contributed by atoms with E-state index in [1.54, 1.807) is 11.0 Å². The van der Waals surface area contributed by atoms with E-state index in [-0.39, 0.29) is 12.1 Å². The van der Waals surface area contributed by atoms with Gasteiger partial charge in [-0.15, -0.1) is 5.10 Å². The lowest BCUT2D eigenvalue weighted by atomic mass is 10.2. The van der Waals surface area contributed by atoms with E-state index in [0.717, 1.165) is 17.4 Å². The van der Waals surface area contributed by atoms with Crippen LogP contribution in [0.3, 0.4) is 0 Å². The second kappa shape index (κ2) is 9.80. The maximum absolute atomic E-state index is 5.82. The Hall–Kier alpha value is -1.24.